The third-order valence-corrected chi connectivity index (χ3v) is 2.52. The van der Waals surface area contributed by atoms with Gasteiger partial charge in [-0.1, -0.05) is 5.16 Å². The molecule has 0 aliphatic heterocycles. The molecule has 0 aliphatic carbocycles. The van der Waals surface area contributed by atoms with Crippen LogP contribution in [0.25, 0.3) is 11.3 Å². The van der Waals surface area contributed by atoms with Crippen LogP contribution in [0.4, 0.5) is 0 Å². The van der Waals surface area contributed by atoms with Gasteiger partial charge in [0.1, 0.15) is 17.7 Å². The van der Waals surface area contributed by atoms with Crippen molar-refractivity contribution >= 4 is 18.2 Å². The zero-order valence-electron chi connectivity index (χ0n) is 9.98. The lowest BCUT2D eigenvalue weighted by Gasteiger charge is -2.03. The number of rotatable bonds is 4. The first kappa shape index (κ1) is 13.3. The number of carbonyl (C=O) groups is 2. The van der Waals surface area contributed by atoms with Crippen LogP contribution in [0.15, 0.2) is 39.9 Å². The molecule has 20 heavy (non-hydrogen) atoms. The standard InChI is InChI=1S/C13H9NO6/c15-12(16)8-3-7(4-9(5-8)13(17)18)11-2-1-10(20-11)6-14-19/h1-6,19H,(H,15,16)(H,17,18)/b14-6+. The van der Waals surface area contributed by atoms with Gasteiger partial charge < -0.3 is 19.8 Å². The Kier molecular flexibility index (Phi) is 3.52. The fourth-order valence-corrected chi connectivity index (χ4v) is 1.65. The van der Waals surface area contributed by atoms with E-state index in [0.29, 0.717) is 5.56 Å². The first-order chi connectivity index (χ1) is 9.51. The van der Waals surface area contributed by atoms with Crippen LogP contribution in [0.3, 0.4) is 0 Å². The third-order valence-electron chi connectivity index (χ3n) is 2.52. The van der Waals surface area contributed by atoms with Crippen LogP contribution in [0.5, 0.6) is 0 Å². The highest BCUT2D eigenvalue weighted by Crippen LogP contribution is 2.24. The van der Waals surface area contributed by atoms with Gasteiger partial charge >= 0.3 is 11.9 Å². The molecule has 0 saturated carbocycles. The third kappa shape index (κ3) is 2.66. The van der Waals surface area contributed by atoms with Gasteiger partial charge in [-0.2, -0.15) is 0 Å². The van der Waals surface area contributed by atoms with Gasteiger partial charge in [0.05, 0.1) is 11.1 Å². The van der Waals surface area contributed by atoms with Crippen molar-refractivity contribution in [2.24, 2.45) is 5.16 Å². The maximum absolute atomic E-state index is 11.0. The summed E-state index contributed by atoms with van der Waals surface area (Å²) in [5, 5.41) is 29.1. The molecule has 1 aromatic carbocycles. The lowest BCUT2D eigenvalue weighted by Crippen LogP contribution is -2.02. The summed E-state index contributed by atoms with van der Waals surface area (Å²) < 4.78 is 5.28. The summed E-state index contributed by atoms with van der Waals surface area (Å²) >= 11 is 0. The Morgan fingerprint density at radius 2 is 1.65 bits per heavy atom. The molecule has 102 valence electrons. The molecule has 0 radical (unpaired) electrons. The predicted molar refractivity (Wildman–Crippen MR) is 67.4 cm³/mol. The summed E-state index contributed by atoms with van der Waals surface area (Å²) in [4.78, 5) is 22.0. The van der Waals surface area contributed by atoms with Crippen LogP contribution in [-0.4, -0.2) is 33.6 Å². The molecule has 0 spiro atoms. The Labute approximate surface area is 112 Å². The van der Waals surface area contributed by atoms with Crippen molar-refractivity contribution in [1.29, 1.82) is 0 Å². The van der Waals surface area contributed by atoms with Gasteiger partial charge in [-0.05, 0) is 30.3 Å². The highest BCUT2D eigenvalue weighted by atomic mass is 16.4. The Balaban J connectivity index is 2.54. The molecular weight excluding hydrogens is 266 g/mol. The minimum atomic E-state index is -1.24. The van der Waals surface area contributed by atoms with Gasteiger partial charge in [-0.25, -0.2) is 9.59 Å². The van der Waals surface area contributed by atoms with Crippen LogP contribution in [-0.2, 0) is 0 Å². The molecule has 0 aliphatic rings. The van der Waals surface area contributed by atoms with E-state index in [4.69, 9.17) is 19.8 Å². The monoisotopic (exact) mass is 275 g/mol. The van der Waals surface area contributed by atoms with Crippen LogP contribution in [0.1, 0.15) is 26.5 Å². The van der Waals surface area contributed by atoms with E-state index in [1.165, 1.54) is 24.3 Å². The van der Waals surface area contributed by atoms with Crippen molar-refractivity contribution in [3.63, 3.8) is 0 Å². The number of nitrogens with zero attached hydrogens (tertiary/aromatic N) is 1. The van der Waals surface area contributed by atoms with E-state index in [2.05, 4.69) is 5.16 Å². The molecule has 0 amide bonds. The van der Waals surface area contributed by atoms with Crippen LogP contribution >= 0.6 is 0 Å². The van der Waals surface area contributed by atoms with Crippen LogP contribution in [0, 0.1) is 0 Å². The van der Waals surface area contributed by atoms with Crippen molar-refractivity contribution in [1.82, 2.24) is 0 Å². The summed E-state index contributed by atoms with van der Waals surface area (Å²) in [6.07, 6.45) is 1.06. The topological polar surface area (TPSA) is 120 Å². The molecule has 0 saturated heterocycles. The Morgan fingerprint density at radius 1 is 1.05 bits per heavy atom. The van der Waals surface area contributed by atoms with Crippen molar-refractivity contribution in [2.45, 2.75) is 0 Å². The van der Waals surface area contributed by atoms with E-state index < -0.39 is 11.9 Å². The van der Waals surface area contributed by atoms with E-state index in [0.717, 1.165) is 12.3 Å². The minimum Gasteiger partial charge on any atom is -0.478 e. The fourth-order valence-electron chi connectivity index (χ4n) is 1.65. The average molecular weight is 275 g/mol. The number of carboxylic acids is 2. The van der Waals surface area contributed by atoms with E-state index in [1.54, 1.807) is 0 Å². The highest BCUT2D eigenvalue weighted by Gasteiger charge is 2.14. The number of carboxylic acid groups (broad SMARTS) is 2. The van der Waals surface area contributed by atoms with Gasteiger partial charge in [0.2, 0.25) is 0 Å². The number of aromatic carboxylic acids is 2. The van der Waals surface area contributed by atoms with E-state index in [9.17, 15) is 9.59 Å². The van der Waals surface area contributed by atoms with Crippen molar-refractivity contribution in [2.75, 3.05) is 0 Å². The molecule has 1 heterocycles. The van der Waals surface area contributed by atoms with Crippen molar-refractivity contribution in [3.05, 3.63) is 47.2 Å². The summed E-state index contributed by atoms with van der Waals surface area (Å²) in [5.74, 6) is -1.96. The molecule has 0 unspecified atom stereocenters. The van der Waals surface area contributed by atoms with Gasteiger partial charge in [-0.15, -0.1) is 0 Å². The van der Waals surface area contributed by atoms with Crippen molar-refractivity contribution in [3.8, 4) is 11.3 Å². The fraction of sp³-hybridized carbons (Fsp3) is 0. The summed E-state index contributed by atoms with van der Waals surface area (Å²) in [6.45, 7) is 0. The number of furan rings is 1. The molecule has 0 atom stereocenters. The molecule has 2 aromatic rings. The van der Waals surface area contributed by atoms with Gasteiger partial charge in [0.25, 0.3) is 0 Å². The summed E-state index contributed by atoms with van der Waals surface area (Å²) in [6, 6.07) is 6.68. The highest BCUT2D eigenvalue weighted by molar-refractivity contribution is 5.95. The lowest BCUT2D eigenvalue weighted by molar-refractivity contribution is 0.0696. The maximum atomic E-state index is 11.0. The molecule has 7 nitrogen and oxygen atoms in total. The number of hydrogen-bond acceptors (Lipinski definition) is 5. The van der Waals surface area contributed by atoms with E-state index >= 15 is 0 Å². The molecular formula is C13H9NO6. The Bertz CT molecular complexity index is 668. The summed E-state index contributed by atoms with van der Waals surface area (Å²) in [5.41, 5.74) is -0.0118. The SMILES string of the molecule is O=C(O)c1cc(C(=O)O)cc(-c2ccc(/C=N/O)o2)c1. The minimum absolute atomic E-state index is 0.159. The predicted octanol–water partition coefficient (Wildman–Crippen LogP) is 2.15. The zero-order chi connectivity index (χ0) is 14.7. The number of oxime groups is 1. The second-order valence-electron chi connectivity index (χ2n) is 3.86. The molecule has 0 bridgehead atoms. The van der Waals surface area contributed by atoms with Gasteiger partial charge in [0.15, 0.2) is 0 Å². The van der Waals surface area contributed by atoms with E-state index in [-0.39, 0.29) is 22.6 Å². The largest absolute Gasteiger partial charge is 0.478 e. The van der Waals surface area contributed by atoms with Crippen LogP contribution in [0.2, 0.25) is 0 Å². The number of benzene rings is 1. The van der Waals surface area contributed by atoms with E-state index in [1.807, 2.05) is 0 Å². The van der Waals surface area contributed by atoms with Gasteiger partial charge in [0, 0.05) is 5.56 Å². The maximum Gasteiger partial charge on any atom is 0.335 e. The smallest absolute Gasteiger partial charge is 0.335 e. The number of hydrogen-bond donors (Lipinski definition) is 3. The van der Waals surface area contributed by atoms with Crippen molar-refractivity contribution < 1.29 is 29.4 Å². The quantitative estimate of drug-likeness (QED) is 0.446. The molecule has 1 aromatic heterocycles. The summed E-state index contributed by atoms with van der Waals surface area (Å²) in [7, 11) is 0. The first-order valence-corrected chi connectivity index (χ1v) is 5.40. The first-order valence-electron chi connectivity index (χ1n) is 5.40. The molecule has 7 heteroatoms. The molecule has 2 rings (SSSR count). The molecule has 0 fully saturated rings. The lowest BCUT2D eigenvalue weighted by atomic mass is 10.0. The Morgan fingerprint density at radius 3 is 2.15 bits per heavy atom. The van der Waals surface area contributed by atoms with Gasteiger partial charge in [-0.3, -0.25) is 0 Å². The second kappa shape index (κ2) is 5.27. The van der Waals surface area contributed by atoms with Crippen LogP contribution < -0.4 is 0 Å². The Hall–Kier alpha value is -3.09. The zero-order valence-corrected chi connectivity index (χ0v) is 9.98. The average Bonchev–Trinajstić information content (AvgIpc) is 2.87. The normalized spacial score (nSPS) is 10.8. The second-order valence-corrected chi connectivity index (χ2v) is 3.86. The molecule has 3 N–H and O–H groups in total.